The number of benzene rings is 3. The van der Waals surface area contributed by atoms with Crippen LogP contribution in [0.3, 0.4) is 0 Å². The molecule has 1 amide bonds. The number of ether oxygens (including phenoxy) is 2. The van der Waals surface area contributed by atoms with Gasteiger partial charge in [0.2, 0.25) is 5.88 Å². The maximum absolute atomic E-state index is 13.4. The number of carbonyl (C=O) groups excluding carboxylic acids is 2. The van der Waals surface area contributed by atoms with Crippen LogP contribution < -0.4 is 20.1 Å². The summed E-state index contributed by atoms with van der Waals surface area (Å²) in [5.41, 5.74) is 3.72. The van der Waals surface area contributed by atoms with Crippen LogP contribution >= 0.6 is 11.6 Å². The van der Waals surface area contributed by atoms with Crippen LogP contribution in [0.4, 0.5) is 5.69 Å². The van der Waals surface area contributed by atoms with Crippen molar-refractivity contribution in [3.8, 4) is 17.4 Å². The number of pyridine rings is 1. The minimum atomic E-state index is -0.420. The van der Waals surface area contributed by atoms with Crippen molar-refractivity contribution in [1.82, 2.24) is 10.3 Å². The lowest BCUT2D eigenvalue weighted by Crippen LogP contribution is -2.43. The molecule has 0 spiro atoms. The second-order valence-electron chi connectivity index (χ2n) is 10.1. The fraction of sp³-hybridized carbons (Fsp3) is 0.156. The molecule has 1 aromatic heterocycles. The fourth-order valence-electron chi connectivity index (χ4n) is 4.58. The number of ketones is 1. The molecule has 40 heavy (non-hydrogen) atoms. The number of rotatable bonds is 7. The molecule has 202 valence electrons. The molecule has 0 saturated carbocycles. The first-order valence-electron chi connectivity index (χ1n) is 12.7. The van der Waals surface area contributed by atoms with E-state index in [-0.39, 0.29) is 22.8 Å². The number of methoxy groups -OCH3 is 1. The van der Waals surface area contributed by atoms with E-state index in [1.165, 1.54) is 0 Å². The van der Waals surface area contributed by atoms with Gasteiger partial charge in [0.1, 0.15) is 17.1 Å². The molecule has 8 heteroatoms. The zero-order chi connectivity index (χ0) is 28.3. The minimum Gasteiger partial charge on any atom is -0.497 e. The smallest absolute Gasteiger partial charge is 0.261 e. The Morgan fingerprint density at radius 3 is 2.55 bits per heavy atom. The number of hydrogen-bond donors (Lipinski definition) is 2. The van der Waals surface area contributed by atoms with Gasteiger partial charge in [-0.25, -0.2) is 4.98 Å². The molecule has 2 N–H and O–H groups in total. The summed E-state index contributed by atoms with van der Waals surface area (Å²) >= 11 is 5.95. The lowest BCUT2D eigenvalue weighted by Gasteiger charge is -2.35. The summed E-state index contributed by atoms with van der Waals surface area (Å²) in [6.45, 7) is 4.19. The Balaban J connectivity index is 1.37. The van der Waals surface area contributed by atoms with Crippen LogP contribution in [0.5, 0.6) is 17.4 Å². The predicted octanol–water partition coefficient (Wildman–Crippen LogP) is 6.94. The maximum Gasteiger partial charge on any atom is 0.261 e. The van der Waals surface area contributed by atoms with Crippen molar-refractivity contribution in [2.24, 2.45) is 0 Å². The van der Waals surface area contributed by atoms with E-state index in [9.17, 15) is 9.59 Å². The standard InChI is InChI=1S/C32H28ClN3O4/c1-32(2)19-21-9-12-25(39-3)17-27(21)28(36-32)18-29(37)20-6-4-7-23(16-20)35-30(38)26-8-5-15-34-31(26)40-24-13-10-22(33)11-14-24/h4-18,36H,19H2,1-3H3,(H,35,38)/b28-18-. The third-order valence-electron chi connectivity index (χ3n) is 6.44. The van der Waals surface area contributed by atoms with Crippen molar-refractivity contribution in [1.29, 1.82) is 0 Å². The van der Waals surface area contributed by atoms with Crippen LogP contribution in [-0.2, 0) is 6.42 Å². The molecule has 3 aromatic carbocycles. The summed E-state index contributed by atoms with van der Waals surface area (Å²) in [5.74, 6) is 0.754. The highest BCUT2D eigenvalue weighted by molar-refractivity contribution is 6.30. The molecule has 0 radical (unpaired) electrons. The first-order valence-corrected chi connectivity index (χ1v) is 13.1. The highest BCUT2D eigenvalue weighted by atomic mass is 35.5. The fourth-order valence-corrected chi connectivity index (χ4v) is 4.70. The van der Waals surface area contributed by atoms with Gasteiger partial charge in [-0.3, -0.25) is 9.59 Å². The van der Waals surface area contributed by atoms with Gasteiger partial charge in [-0.1, -0.05) is 29.8 Å². The van der Waals surface area contributed by atoms with Crippen molar-refractivity contribution in [2.45, 2.75) is 25.8 Å². The normalized spacial score (nSPS) is 14.6. The molecule has 7 nitrogen and oxygen atoms in total. The van der Waals surface area contributed by atoms with Gasteiger partial charge in [-0.05, 0) is 86.5 Å². The van der Waals surface area contributed by atoms with Crippen molar-refractivity contribution in [3.63, 3.8) is 0 Å². The van der Waals surface area contributed by atoms with Gasteiger partial charge in [0.25, 0.3) is 5.91 Å². The second kappa shape index (κ2) is 11.2. The molecule has 2 heterocycles. The van der Waals surface area contributed by atoms with E-state index in [0.717, 1.165) is 29.0 Å². The summed E-state index contributed by atoms with van der Waals surface area (Å²) in [7, 11) is 1.62. The van der Waals surface area contributed by atoms with E-state index in [4.69, 9.17) is 21.1 Å². The Morgan fingerprint density at radius 1 is 1.00 bits per heavy atom. The first-order chi connectivity index (χ1) is 19.2. The van der Waals surface area contributed by atoms with Crippen LogP contribution in [-0.4, -0.2) is 29.3 Å². The van der Waals surface area contributed by atoms with Crippen LogP contribution in [0.15, 0.2) is 91.1 Å². The average Bonchev–Trinajstić information content (AvgIpc) is 2.94. The van der Waals surface area contributed by atoms with Gasteiger partial charge in [0.05, 0.1) is 7.11 Å². The highest BCUT2D eigenvalue weighted by Crippen LogP contribution is 2.33. The predicted molar refractivity (Wildman–Crippen MR) is 156 cm³/mol. The molecule has 0 bridgehead atoms. The van der Waals surface area contributed by atoms with Crippen molar-refractivity contribution in [3.05, 3.63) is 118 Å². The molecule has 4 aromatic rings. The van der Waals surface area contributed by atoms with Gasteiger partial charge in [-0.2, -0.15) is 0 Å². The summed E-state index contributed by atoms with van der Waals surface area (Å²) < 4.78 is 11.2. The van der Waals surface area contributed by atoms with Crippen molar-refractivity contribution >= 4 is 34.7 Å². The van der Waals surface area contributed by atoms with E-state index in [1.54, 1.807) is 80.0 Å². The zero-order valence-corrected chi connectivity index (χ0v) is 23.1. The van der Waals surface area contributed by atoms with E-state index >= 15 is 0 Å². The molecular weight excluding hydrogens is 526 g/mol. The molecule has 5 rings (SSSR count). The van der Waals surface area contributed by atoms with Crippen molar-refractivity contribution < 1.29 is 19.1 Å². The van der Waals surface area contributed by atoms with Gasteiger partial charge in [0.15, 0.2) is 5.78 Å². The number of nitrogens with zero attached hydrogens (tertiary/aromatic N) is 1. The molecule has 0 aliphatic carbocycles. The molecule has 0 saturated heterocycles. The van der Waals surface area contributed by atoms with Crippen LogP contribution in [0, 0.1) is 0 Å². The first kappa shape index (κ1) is 27.0. The van der Waals surface area contributed by atoms with Crippen LogP contribution in [0.1, 0.15) is 45.7 Å². The monoisotopic (exact) mass is 553 g/mol. The molecule has 1 aliphatic heterocycles. The lowest BCUT2D eigenvalue weighted by molar-refractivity contribution is 0.102. The summed E-state index contributed by atoms with van der Waals surface area (Å²) in [5, 5.41) is 6.91. The Labute approximate surface area is 237 Å². The number of anilines is 1. The maximum atomic E-state index is 13.4. The molecule has 1 aliphatic rings. The SMILES string of the molecule is COc1ccc2c(c1)/C(=C/C(=O)c1cccc(NC(=O)c3cccnc3Oc3ccc(Cl)cc3)c1)NC(C)(C)C2. The largest absolute Gasteiger partial charge is 0.497 e. The van der Waals surface area contributed by atoms with E-state index in [2.05, 4.69) is 29.5 Å². The number of carbonyl (C=O) groups is 2. The Morgan fingerprint density at radius 2 is 1.77 bits per heavy atom. The van der Waals surface area contributed by atoms with Gasteiger partial charge < -0.3 is 20.1 Å². The number of aromatic nitrogens is 1. The summed E-state index contributed by atoms with van der Waals surface area (Å²) in [6.07, 6.45) is 3.96. The third-order valence-corrected chi connectivity index (χ3v) is 6.69. The molecule has 0 unspecified atom stereocenters. The van der Waals surface area contributed by atoms with Gasteiger partial charge >= 0.3 is 0 Å². The second-order valence-corrected chi connectivity index (χ2v) is 10.5. The summed E-state index contributed by atoms with van der Waals surface area (Å²) in [6, 6.07) is 22.8. The number of amides is 1. The van der Waals surface area contributed by atoms with E-state index in [1.807, 2.05) is 18.2 Å². The van der Waals surface area contributed by atoms with E-state index in [0.29, 0.717) is 22.0 Å². The third kappa shape index (κ3) is 6.16. The van der Waals surface area contributed by atoms with Crippen molar-refractivity contribution in [2.75, 3.05) is 12.4 Å². The van der Waals surface area contributed by atoms with Crippen LogP contribution in [0.2, 0.25) is 5.02 Å². The molecule has 0 atom stereocenters. The van der Waals surface area contributed by atoms with Gasteiger partial charge in [-0.15, -0.1) is 0 Å². The number of nitrogens with one attached hydrogen (secondary N) is 2. The van der Waals surface area contributed by atoms with E-state index < -0.39 is 5.91 Å². The molecule has 0 fully saturated rings. The Hall–Kier alpha value is -4.62. The minimum absolute atomic E-state index is 0.152. The number of allylic oxidation sites excluding steroid dienone is 1. The lowest BCUT2D eigenvalue weighted by atomic mass is 9.85. The number of hydrogen-bond acceptors (Lipinski definition) is 6. The zero-order valence-electron chi connectivity index (χ0n) is 22.3. The summed E-state index contributed by atoms with van der Waals surface area (Å²) in [4.78, 5) is 30.8. The van der Waals surface area contributed by atoms with Gasteiger partial charge in [0, 0.05) is 45.3 Å². The van der Waals surface area contributed by atoms with Crippen LogP contribution in [0.25, 0.3) is 5.70 Å². The molecular formula is C32H28ClN3O4. The highest BCUT2D eigenvalue weighted by Gasteiger charge is 2.28. The Kier molecular flexibility index (Phi) is 7.58. The number of halogens is 1. The number of fused-ring (bicyclic) bond motifs is 1. The Bertz CT molecular complexity index is 1610. The topological polar surface area (TPSA) is 89.5 Å². The quantitative estimate of drug-likeness (QED) is 0.190. The average molecular weight is 554 g/mol.